The molecular weight excluding hydrogens is 565 g/mol. The van der Waals surface area contributed by atoms with Crippen LogP contribution in [0, 0.1) is 9.39 Å². The lowest BCUT2D eigenvalue weighted by molar-refractivity contribution is -0.131. The van der Waals surface area contributed by atoms with E-state index in [1.165, 1.54) is 6.07 Å². The standard InChI is InChI=1S/C24H16Cl2FIN2O2/c25-13-3-1-2-12(8-13)18-11-21(31)30-22(16-10-15(28)5-7-19(16)27)24(18)17-6-4-14(26)9-20(17)29-23(24)32/h1-10,18,22H,11H2,(H,29,32)(H,30,31)/t18-,22-,24-/m0/s1. The SMILES string of the molecule is O=C1C[C@@H](c2cccc(Cl)c2)[C@]2(C(=O)Nc3cc(Cl)ccc32)[C@H](c2cc(I)ccc2F)N1. The third-order valence-electron chi connectivity index (χ3n) is 6.27. The predicted octanol–water partition coefficient (Wildman–Crippen LogP) is 5.97. The highest BCUT2D eigenvalue weighted by molar-refractivity contribution is 14.1. The Bertz CT molecular complexity index is 1280. The van der Waals surface area contributed by atoms with Gasteiger partial charge in [0.2, 0.25) is 11.8 Å². The maximum Gasteiger partial charge on any atom is 0.238 e. The van der Waals surface area contributed by atoms with E-state index in [9.17, 15) is 9.59 Å². The molecule has 3 atom stereocenters. The van der Waals surface area contributed by atoms with Crippen molar-refractivity contribution in [1.82, 2.24) is 5.32 Å². The molecule has 3 aromatic rings. The van der Waals surface area contributed by atoms with Gasteiger partial charge in [0.05, 0.1) is 6.04 Å². The Labute approximate surface area is 207 Å². The van der Waals surface area contributed by atoms with Gasteiger partial charge in [-0.3, -0.25) is 9.59 Å². The molecule has 0 saturated carbocycles. The van der Waals surface area contributed by atoms with E-state index in [-0.39, 0.29) is 23.8 Å². The molecule has 0 radical (unpaired) electrons. The summed E-state index contributed by atoms with van der Waals surface area (Å²) >= 11 is 14.6. The number of hydrogen-bond acceptors (Lipinski definition) is 2. The Morgan fingerprint density at radius 3 is 2.56 bits per heavy atom. The lowest BCUT2D eigenvalue weighted by Crippen LogP contribution is -2.57. The zero-order chi connectivity index (χ0) is 22.6. The summed E-state index contributed by atoms with van der Waals surface area (Å²) in [5.74, 6) is -1.64. The highest BCUT2D eigenvalue weighted by atomic mass is 127. The summed E-state index contributed by atoms with van der Waals surface area (Å²) in [6.45, 7) is 0. The average molecular weight is 581 g/mol. The Kier molecular flexibility index (Phi) is 5.42. The number of anilines is 1. The third kappa shape index (κ3) is 3.31. The highest BCUT2D eigenvalue weighted by Crippen LogP contribution is 2.57. The Morgan fingerprint density at radius 1 is 1.00 bits per heavy atom. The molecule has 3 aromatic carbocycles. The maximum atomic E-state index is 15.1. The van der Waals surface area contributed by atoms with Crippen molar-refractivity contribution in [2.75, 3.05) is 5.32 Å². The molecule has 1 spiro atoms. The first-order chi connectivity index (χ1) is 15.3. The van der Waals surface area contributed by atoms with Gasteiger partial charge in [0.1, 0.15) is 11.2 Å². The summed E-state index contributed by atoms with van der Waals surface area (Å²) in [6, 6.07) is 16.0. The highest BCUT2D eigenvalue weighted by Gasteiger charge is 2.61. The van der Waals surface area contributed by atoms with Crippen molar-refractivity contribution in [1.29, 1.82) is 0 Å². The van der Waals surface area contributed by atoms with Crippen LogP contribution in [0.15, 0.2) is 60.7 Å². The third-order valence-corrected chi connectivity index (χ3v) is 7.41. The summed E-state index contributed by atoms with van der Waals surface area (Å²) in [5.41, 5.74) is 0.933. The van der Waals surface area contributed by atoms with E-state index in [0.717, 1.165) is 9.13 Å². The van der Waals surface area contributed by atoms with Gasteiger partial charge in [-0.25, -0.2) is 4.39 Å². The second-order valence-corrected chi connectivity index (χ2v) is 10.1. The van der Waals surface area contributed by atoms with Crippen LogP contribution in [0.3, 0.4) is 0 Å². The van der Waals surface area contributed by atoms with Crippen molar-refractivity contribution in [2.45, 2.75) is 23.8 Å². The number of benzene rings is 3. The van der Waals surface area contributed by atoms with Crippen LogP contribution >= 0.6 is 45.8 Å². The summed E-state index contributed by atoms with van der Waals surface area (Å²) in [5, 5.41) is 6.82. The van der Waals surface area contributed by atoms with Crippen molar-refractivity contribution in [2.24, 2.45) is 0 Å². The van der Waals surface area contributed by atoms with Gasteiger partial charge in [-0.15, -0.1) is 0 Å². The van der Waals surface area contributed by atoms with E-state index in [0.29, 0.717) is 21.3 Å². The van der Waals surface area contributed by atoms with Crippen LogP contribution in [0.5, 0.6) is 0 Å². The average Bonchev–Trinajstić information content (AvgIpc) is 3.02. The lowest BCUT2D eigenvalue weighted by atomic mass is 9.59. The van der Waals surface area contributed by atoms with Crippen LogP contribution in [0.2, 0.25) is 10.0 Å². The molecule has 1 fully saturated rings. The molecule has 2 heterocycles. The normalized spacial score (nSPS) is 24.2. The molecule has 5 rings (SSSR count). The number of amides is 2. The Morgan fingerprint density at radius 2 is 1.78 bits per heavy atom. The number of rotatable bonds is 2. The van der Waals surface area contributed by atoms with Crippen LogP contribution < -0.4 is 10.6 Å². The number of carbonyl (C=O) groups is 2. The van der Waals surface area contributed by atoms with E-state index < -0.39 is 23.2 Å². The Balaban J connectivity index is 1.83. The summed E-state index contributed by atoms with van der Waals surface area (Å²) in [4.78, 5) is 26.7. The fourth-order valence-electron chi connectivity index (χ4n) is 5.01. The van der Waals surface area contributed by atoms with Crippen LogP contribution in [0.4, 0.5) is 10.1 Å². The minimum Gasteiger partial charge on any atom is -0.348 e. The molecular formula is C24H16Cl2FIN2O2. The molecule has 2 N–H and O–H groups in total. The zero-order valence-electron chi connectivity index (χ0n) is 16.5. The zero-order valence-corrected chi connectivity index (χ0v) is 20.1. The molecule has 162 valence electrons. The van der Waals surface area contributed by atoms with Crippen molar-refractivity contribution in [3.05, 3.63) is 96.8 Å². The molecule has 0 unspecified atom stereocenters. The van der Waals surface area contributed by atoms with Gasteiger partial charge in [0.25, 0.3) is 0 Å². The number of carbonyl (C=O) groups excluding carboxylic acids is 2. The fourth-order valence-corrected chi connectivity index (χ4v) is 5.89. The van der Waals surface area contributed by atoms with Gasteiger partial charge in [0, 0.05) is 37.2 Å². The van der Waals surface area contributed by atoms with Gasteiger partial charge in [-0.2, -0.15) is 0 Å². The first-order valence-electron chi connectivity index (χ1n) is 9.92. The van der Waals surface area contributed by atoms with E-state index in [1.807, 2.05) is 6.07 Å². The molecule has 2 aliphatic rings. The number of halogens is 4. The Hall–Kier alpha value is -2.16. The first-order valence-corrected chi connectivity index (χ1v) is 11.8. The predicted molar refractivity (Wildman–Crippen MR) is 131 cm³/mol. The van der Waals surface area contributed by atoms with Crippen molar-refractivity contribution < 1.29 is 14.0 Å². The van der Waals surface area contributed by atoms with Crippen LogP contribution in [0.1, 0.15) is 35.1 Å². The summed E-state index contributed by atoms with van der Waals surface area (Å²) < 4.78 is 15.9. The van der Waals surface area contributed by atoms with Gasteiger partial charge in [-0.1, -0.05) is 41.4 Å². The minimum absolute atomic E-state index is 0.0534. The van der Waals surface area contributed by atoms with Crippen LogP contribution in [-0.4, -0.2) is 11.8 Å². The minimum atomic E-state index is -1.29. The fraction of sp³-hybridized carbons (Fsp3) is 0.167. The molecule has 8 heteroatoms. The van der Waals surface area contributed by atoms with Crippen molar-refractivity contribution >= 4 is 63.3 Å². The number of piperidine rings is 1. The van der Waals surface area contributed by atoms with E-state index in [1.54, 1.807) is 48.5 Å². The smallest absolute Gasteiger partial charge is 0.238 e. The van der Waals surface area contributed by atoms with E-state index in [4.69, 9.17) is 23.2 Å². The maximum absolute atomic E-state index is 15.1. The quantitative estimate of drug-likeness (QED) is 0.367. The monoisotopic (exact) mass is 580 g/mol. The molecule has 0 bridgehead atoms. The van der Waals surface area contributed by atoms with Crippen molar-refractivity contribution in [3.63, 3.8) is 0 Å². The number of hydrogen-bond donors (Lipinski definition) is 2. The second-order valence-electron chi connectivity index (χ2n) is 7.99. The molecule has 2 aliphatic heterocycles. The lowest BCUT2D eigenvalue weighted by Gasteiger charge is -2.46. The summed E-state index contributed by atoms with van der Waals surface area (Å²) in [7, 11) is 0. The number of nitrogens with one attached hydrogen (secondary N) is 2. The van der Waals surface area contributed by atoms with E-state index in [2.05, 4.69) is 33.2 Å². The summed E-state index contributed by atoms with van der Waals surface area (Å²) in [6.07, 6.45) is 0.0534. The van der Waals surface area contributed by atoms with Gasteiger partial charge in [0.15, 0.2) is 0 Å². The molecule has 32 heavy (non-hydrogen) atoms. The van der Waals surface area contributed by atoms with Gasteiger partial charge < -0.3 is 10.6 Å². The molecule has 0 aromatic heterocycles. The topological polar surface area (TPSA) is 58.2 Å². The van der Waals surface area contributed by atoms with Crippen molar-refractivity contribution in [3.8, 4) is 0 Å². The van der Waals surface area contributed by atoms with Gasteiger partial charge in [-0.05, 0) is 76.2 Å². The van der Waals surface area contributed by atoms with E-state index >= 15 is 4.39 Å². The largest absolute Gasteiger partial charge is 0.348 e. The molecule has 2 amide bonds. The van der Waals surface area contributed by atoms with Crippen LogP contribution in [-0.2, 0) is 15.0 Å². The number of fused-ring (bicyclic) bond motifs is 2. The van der Waals surface area contributed by atoms with Crippen LogP contribution in [0.25, 0.3) is 0 Å². The second kappa shape index (κ2) is 8.01. The first kappa shape index (κ1) is 21.7. The molecule has 4 nitrogen and oxygen atoms in total. The van der Waals surface area contributed by atoms with Gasteiger partial charge >= 0.3 is 0 Å². The molecule has 1 saturated heterocycles. The molecule has 0 aliphatic carbocycles.